The summed E-state index contributed by atoms with van der Waals surface area (Å²) in [6.07, 6.45) is 0.227. The van der Waals surface area contributed by atoms with E-state index in [1.165, 1.54) is 0 Å². The maximum absolute atomic E-state index is 13.2. The van der Waals surface area contributed by atoms with Crippen LogP contribution in [0.3, 0.4) is 0 Å². The van der Waals surface area contributed by atoms with E-state index < -0.39 is 0 Å². The van der Waals surface area contributed by atoms with Crippen LogP contribution in [0.4, 0.5) is 5.69 Å². The van der Waals surface area contributed by atoms with Gasteiger partial charge in [0, 0.05) is 37.3 Å². The minimum Gasteiger partial charge on any atom is -0.486 e. The van der Waals surface area contributed by atoms with Gasteiger partial charge in [-0.3, -0.25) is 9.59 Å². The minimum absolute atomic E-state index is 0.0252. The van der Waals surface area contributed by atoms with Gasteiger partial charge in [0.25, 0.3) is 0 Å². The number of hydrogen-bond acceptors (Lipinski definition) is 4. The zero-order valence-corrected chi connectivity index (χ0v) is 16.8. The Morgan fingerprint density at radius 1 is 1.10 bits per heavy atom. The summed E-state index contributed by atoms with van der Waals surface area (Å²) in [6, 6.07) is 15.5. The first-order valence-electron chi connectivity index (χ1n) is 10.1. The van der Waals surface area contributed by atoms with E-state index >= 15 is 0 Å². The second-order valence-electron chi connectivity index (χ2n) is 7.78. The Bertz CT molecular complexity index is 897. The molecule has 2 aliphatic rings. The van der Waals surface area contributed by atoms with Crippen molar-refractivity contribution in [3.63, 3.8) is 0 Å². The van der Waals surface area contributed by atoms with Crippen LogP contribution in [0, 0.1) is 5.92 Å². The monoisotopic (exact) mass is 394 g/mol. The Morgan fingerprint density at radius 3 is 2.55 bits per heavy atom. The van der Waals surface area contributed by atoms with Crippen molar-refractivity contribution in [1.82, 2.24) is 4.90 Å². The highest BCUT2D eigenvalue weighted by molar-refractivity contribution is 6.00. The molecule has 2 aromatic rings. The second-order valence-corrected chi connectivity index (χ2v) is 7.78. The summed E-state index contributed by atoms with van der Waals surface area (Å²) >= 11 is 0. The van der Waals surface area contributed by atoms with Crippen molar-refractivity contribution >= 4 is 17.5 Å². The fourth-order valence-electron chi connectivity index (χ4n) is 3.85. The number of carbonyl (C=O) groups is 2. The van der Waals surface area contributed by atoms with E-state index in [4.69, 9.17) is 9.47 Å². The molecule has 4 rings (SSSR count). The molecule has 1 atom stereocenters. The molecule has 2 aromatic carbocycles. The van der Waals surface area contributed by atoms with Crippen LogP contribution in [0.1, 0.15) is 25.8 Å². The molecule has 6 nitrogen and oxygen atoms in total. The van der Waals surface area contributed by atoms with Gasteiger partial charge in [-0.1, -0.05) is 30.3 Å². The Labute approximate surface area is 171 Å². The van der Waals surface area contributed by atoms with Crippen molar-refractivity contribution < 1.29 is 19.1 Å². The average molecular weight is 394 g/mol. The van der Waals surface area contributed by atoms with Gasteiger partial charge in [-0.2, -0.15) is 0 Å². The lowest BCUT2D eigenvalue weighted by molar-refractivity contribution is -0.138. The fourth-order valence-corrected chi connectivity index (χ4v) is 3.85. The maximum atomic E-state index is 13.2. The van der Waals surface area contributed by atoms with Gasteiger partial charge in [0.05, 0.1) is 5.92 Å². The first-order valence-corrected chi connectivity index (χ1v) is 10.1. The molecule has 6 heteroatoms. The van der Waals surface area contributed by atoms with E-state index in [2.05, 4.69) is 0 Å². The van der Waals surface area contributed by atoms with Crippen LogP contribution >= 0.6 is 0 Å². The van der Waals surface area contributed by atoms with Crippen molar-refractivity contribution in [3.05, 3.63) is 54.1 Å². The fraction of sp³-hybridized carbons (Fsp3) is 0.391. The first kappa shape index (κ1) is 19.3. The summed E-state index contributed by atoms with van der Waals surface area (Å²) in [5, 5.41) is 0. The van der Waals surface area contributed by atoms with Crippen LogP contribution in [0.15, 0.2) is 48.5 Å². The lowest BCUT2D eigenvalue weighted by Crippen LogP contribution is -2.41. The molecule has 0 bridgehead atoms. The van der Waals surface area contributed by atoms with Crippen LogP contribution in [-0.2, 0) is 16.1 Å². The zero-order valence-electron chi connectivity index (χ0n) is 16.8. The summed E-state index contributed by atoms with van der Waals surface area (Å²) in [4.78, 5) is 29.5. The van der Waals surface area contributed by atoms with Gasteiger partial charge in [-0.05, 0) is 31.5 Å². The van der Waals surface area contributed by atoms with Gasteiger partial charge in [0.2, 0.25) is 11.8 Å². The molecule has 152 valence electrons. The van der Waals surface area contributed by atoms with Gasteiger partial charge in [0.1, 0.15) is 13.2 Å². The molecule has 0 aliphatic carbocycles. The molecule has 2 aliphatic heterocycles. The van der Waals surface area contributed by atoms with Crippen molar-refractivity contribution in [2.45, 2.75) is 32.9 Å². The standard InChI is InChI=1S/C23H26N2O4/c1-16(2)24(14-17-6-4-3-5-7-17)23(27)18-12-22(26)25(15-18)19-8-9-20-21(13-19)29-11-10-28-20/h3-9,13,16,18H,10-12,14-15H2,1-2H3. The Kier molecular flexibility index (Phi) is 5.43. The van der Waals surface area contributed by atoms with Crippen molar-refractivity contribution in [2.75, 3.05) is 24.7 Å². The number of hydrogen-bond donors (Lipinski definition) is 0. The van der Waals surface area contributed by atoms with Gasteiger partial charge in [0.15, 0.2) is 11.5 Å². The van der Waals surface area contributed by atoms with E-state index in [9.17, 15) is 9.59 Å². The molecule has 0 N–H and O–H groups in total. The number of carbonyl (C=O) groups excluding carboxylic acids is 2. The molecule has 29 heavy (non-hydrogen) atoms. The number of benzene rings is 2. The Balaban J connectivity index is 1.49. The van der Waals surface area contributed by atoms with Crippen LogP contribution in [0.25, 0.3) is 0 Å². The minimum atomic E-state index is -0.346. The van der Waals surface area contributed by atoms with Gasteiger partial charge >= 0.3 is 0 Å². The lowest BCUT2D eigenvalue weighted by Gasteiger charge is -2.29. The molecular formula is C23H26N2O4. The summed E-state index contributed by atoms with van der Waals surface area (Å²) in [6.45, 7) is 5.97. The molecule has 1 fully saturated rings. The SMILES string of the molecule is CC(C)N(Cc1ccccc1)C(=O)C1CC(=O)N(c2ccc3c(c2)OCCO3)C1. The summed E-state index contributed by atoms with van der Waals surface area (Å²) in [5.74, 6) is 0.972. The van der Waals surface area contributed by atoms with E-state index in [1.807, 2.05) is 67.3 Å². The number of ether oxygens (including phenoxy) is 2. The second kappa shape index (κ2) is 8.15. The normalized spacial score (nSPS) is 18.2. The maximum Gasteiger partial charge on any atom is 0.228 e. The highest BCUT2D eigenvalue weighted by atomic mass is 16.6. The predicted molar refractivity (Wildman–Crippen MR) is 110 cm³/mol. The van der Waals surface area contributed by atoms with Crippen LogP contribution in [-0.4, -0.2) is 42.5 Å². The smallest absolute Gasteiger partial charge is 0.228 e. The van der Waals surface area contributed by atoms with E-state index in [0.29, 0.717) is 37.8 Å². The Hall–Kier alpha value is -3.02. The van der Waals surface area contributed by atoms with Crippen molar-refractivity contribution in [2.24, 2.45) is 5.92 Å². The third-order valence-electron chi connectivity index (χ3n) is 5.41. The lowest BCUT2D eigenvalue weighted by atomic mass is 10.1. The molecule has 2 amide bonds. The van der Waals surface area contributed by atoms with Crippen molar-refractivity contribution in [3.8, 4) is 11.5 Å². The molecule has 0 spiro atoms. The number of anilines is 1. The summed E-state index contributed by atoms with van der Waals surface area (Å²) in [7, 11) is 0. The molecular weight excluding hydrogens is 368 g/mol. The molecule has 0 radical (unpaired) electrons. The Morgan fingerprint density at radius 2 is 1.83 bits per heavy atom. The van der Waals surface area contributed by atoms with Gasteiger partial charge < -0.3 is 19.3 Å². The van der Waals surface area contributed by atoms with Crippen LogP contribution < -0.4 is 14.4 Å². The predicted octanol–water partition coefficient (Wildman–Crippen LogP) is 3.25. The number of nitrogens with zero attached hydrogens (tertiary/aromatic N) is 2. The van der Waals surface area contributed by atoms with Crippen molar-refractivity contribution in [1.29, 1.82) is 0 Å². The molecule has 2 heterocycles. The number of rotatable bonds is 5. The molecule has 1 unspecified atom stereocenters. The summed E-state index contributed by atoms with van der Waals surface area (Å²) < 4.78 is 11.2. The highest BCUT2D eigenvalue weighted by Crippen LogP contribution is 2.36. The van der Waals surface area contributed by atoms with E-state index in [-0.39, 0.29) is 30.2 Å². The number of fused-ring (bicyclic) bond motifs is 1. The third-order valence-corrected chi connectivity index (χ3v) is 5.41. The highest BCUT2D eigenvalue weighted by Gasteiger charge is 2.38. The molecule has 1 saturated heterocycles. The summed E-state index contributed by atoms with van der Waals surface area (Å²) in [5.41, 5.74) is 1.83. The third kappa shape index (κ3) is 4.06. The van der Waals surface area contributed by atoms with E-state index in [1.54, 1.807) is 4.90 Å². The quantitative estimate of drug-likeness (QED) is 0.781. The average Bonchev–Trinajstić information content (AvgIpc) is 3.13. The van der Waals surface area contributed by atoms with Gasteiger partial charge in [-0.15, -0.1) is 0 Å². The molecule has 0 aromatic heterocycles. The topological polar surface area (TPSA) is 59.1 Å². The number of amides is 2. The molecule has 0 saturated carbocycles. The van der Waals surface area contributed by atoms with Gasteiger partial charge in [-0.25, -0.2) is 0 Å². The zero-order chi connectivity index (χ0) is 20.4. The van der Waals surface area contributed by atoms with Crippen LogP contribution in [0.2, 0.25) is 0 Å². The largest absolute Gasteiger partial charge is 0.486 e. The first-order chi connectivity index (χ1) is 14.0. The van der Waals surface area contributed by atoms with E-state index in [0.717, 1.165) is 11.3 Å². The van der Waals surface area contributed by atoms with Crippen LogP contribution in [0.5, 0.6) is 11.5 Å².